The first kappa shape index (κ1) is 21.0. The Morgan fingerprint density at radius 2 is 1.97 bits per heavy atom. The number of carbonyl (C=O) groups is 1. The Morgan fingerprint density at radius 3 is 2.77 bits per heavy atom. The van der Waals surface area contributed by atoms with E-state index in [1.54, 1.807) is 0 Å². The number of aromatic nitrogens is 2. The molecule has 30 heavy (non-hydrogen) atoms. The van der Waals surface area contributed by atoms with Gasteiger partial charge in [0.2, 0.25) is 5.91 Å². The van der Waals surface area contributed by atoms with Gasteiger partial charge in [0.15, 0.2) is 5.82 Å². The summed E-state index contributed by atoms with van der Waals surface area (Å²) in [4.78, 5) is 21.6. The third kappa shape index (κ3) is 5.67. The summed E-state index contributed by atoms with van der Waals surface area (Å²) in [7, 11) is 2.15. The summed E-state index contributed by atoms with van der Waals surface area (Å²) in [5, 5.41) is 4.05. The van der Waals surface area contributed by atoms with Crippen molar-refractivity contribution < 1.29 is 14.1 Å². The second-order valence-corrected chi connectivity index (χ2v) is 8.56. The number of hydrogen-bond donors (Lipinski definition) is 0. The maximum absolute atomic E-state index is 12.8. The highest BCUT2D eigenvalue weighted by atomic mass is 16.5. The van der Waals surface area contributed by atoms with Crippen LogP contribution in [0.15, 0.2) is 34.9 Å². The molecule has 0 spiro atoms. The van der Waals surface area contributed by atoms with E-state index in [9.17, 15) is 4.79 Å². The van der Waals surface area contributed by atoms with Crippen LogP contribution in [0.3, 0.4) is 0 Å². The van der Waals surface area contributed by atoms with Crippen molar-refractivity contribution in [3.05, 3.63) is 36.2 Å². The maximum Gasteiger partial charge on any atom is 0.257 e. The third-order valence-electron chi connectivity index (χ3n) is 6.20. The Morgan fingerprint density at radius 1 is 1.17 bits per heavy atom. The van der Waals surface area contributed by atoms with Crippen molar-refractivity contribution in [1.29, 1.82) is 0 Å². The molecule has 162 valence electrons. The molecular formula is C23H32N4O3. The fourth-order valence-corrected chi connectivity index (χ4v) is 4.31. The second-order valence-electron chi connectivity index (χ2n) is 8.56. The van der Waals surface area contributed by atoms with E-state index in [-0.39, 0.29) is 6.10 Å². The molecule has 2 fully saturated rings. The van der Waals surface area contributed by atoms with E-state index < -0.39 is 0 Å². The normalized spacial score (nSPS) is 21.1. The minimum atomic E-state index is 0.0979. The molecule has 0 radical (unpaired) electrons. The molecule has 1 amide bonds. The van der Waals surface area contributed by atoms with Crippen LogP contribution in [0.5, 0.6) is 0 Å². The Hall–Kier alpha value is -2.25. The molecule has 0 N–H and O–H groups in total. The average Bonchev–Trinajstić information content (AvgIpc) is 3.25. The van der Waals surface area contributed by atoms with Gasteiger partial charge in [-0.05, 0) is 63.9 Å². The van der Waals surface area contributed by atoms with Gasteiger partial charge in [-0.25, -0.2) is 0 Å². The smallest absolute Gasteiger partial charge is 0.257 e. The third-order valence-corrected chi connectivity index (χ3v) is 6.20. The van der Waals surface area contributed by atoms with E-state index in [0.717, 1.165) is 50.9 Å². The van der Waals surface area contributed by atoms with Gasteiger partial charge < -0.3 is 19.1 Å². The van der Waals surface area contributed by atoms with E-state index in [2.05, 4.69) is 22.1 Å². The lowest BCUT2D eigenvalue weighted by molar-refractivity contribution is -0.136. The lowest BCUT2D eigenvalue weighted by Crippen LogP contribution is -2.44. The second kappa shape index (κ2) is 10.2. The highest BCUT2D eigenvalue weighted by molar-refractivity contribution is 5.76. The van der Waals surface area contributed by atoms with Crippen LogP contribution in [-0.2, 0) is 16.0 Å². The van der Waals surface area contributed by atoms with Crippen LogP contribution in [0, 0.1) is 5.92 Å². The minimum absolute atomic E-state index is 0.0979. The zero-order valence-corrected chi connectivity index (χ0v) is 17.8. The minimum Gasteiger partial charge on any atom is -0.376 e. The number of nitrogens with zero attached hydrogens (tertiary/aromatic N) is 4. The number of hydrogen-bond acceptors (Lipinski definition) is 6. The maximum atomic E-state index is 12.8. The first-order chi connectivity index (χ1) is 14.7. The van der Waals surface area contributed by atoms with Gasteiger partial charge in [0.05, 0.1) is 12.7 Å². The zero-order valence-electron chi connectivity index (χ0n) is 17.8. The van der Waals surface area contributed by atoms with E-state index in [0.29, 0.717) is 49.5 Å². The van der Waals surface area contributed by atoms with Crippen molar-refractivity contribution in [3.8, 4) is 11.5 Å². The van der Waals surface area contributed by atoms with E-state index >= 15 is 0 Å². The van der Waals surface area contributed by atoms with E-state index in [1.807, 2.05) is 35.2 Å². The van der Waals surface area contributed by atoms with Crippen molar-refractivity contribution in [2.75, 3.05) is 39.8 Å². The summed E-state index contributed by atoms with van der Waals surface area (Å²) in [5.41, 5.74) is 0.920. The summed E-state index contributed by atoms with van der Waals surface area (Å²) in [6.45, 7) is 4.30. The van der Waals surface area contributed by atoms with Crippen LogP contribution < -0.4 is 0 Å². The van der Waals surface area contributed by atoms with Crippen LogP contribution >= 0.6 is 0 Å². The molecule has 2 aromatic rings. The van der Waals surface area contributed by atoms with Gasteiger partial charge in [0, 0.05) is 31.5 Å². The fraction of sp³-hybridized carbons (Fsp3) is 0.609. The molecule has 4 rings (SSSR count). The van der Waals surface area contributed by atoms with Crippen molar-refractivity contribution in [1.82, 2.24) is 19.9 Å². The predicted molar refractivity (Wildman–Crippen MR) is 114 cm³/mol. The number of ether oxygens (including phenoxy) is 1. The summed E-state index contributed by atoms with van der Waals surface area (Å²) < 4.78 is 11.4. The molecule has 7 nitrogen and oxygen atoms in total. The van der Waals surface area contributed by atoms with Gasteiger partial charge in [-0.1, -0.05) is 23.4 Å². The monoisotopic (exact) mass is 412 g/mol. The lowest BCUT2D eigenvalue weighted by Gasteiger charge is -2.35. The largest absolute Gasteiger partial charge is 0.376 e. The SMILES string of the molecule is CN1CCC(CC(=O)N2CCCC(OCCc3noc(-c4ccccc4)n3)C2)CC1. The molecule has 0 bridgehead atoms. The Kier molecular flexibility index (Phi) is 7.12. The molecule has 1 atom stereocenters. The zero-order chi connectivity index (χ0) is 20.8. The Labute approximate surface area is 178 Å². The Balaban J connectivity index is 1.20. The number of likely N-dealkylation sites (tertiary alicyclic amines) is 2. The molecule has 2 saturated heterocycles. The van der Waals surface area contributed by atoms with E-state index in [1.165, 1.54) is 0 Å². The molecule has 0 aliphatic carbocycles. The molecule has 1 aromatic heterocycles. The number of rotatable bonds is 7. The molecule has 0 saturated carbocycles. The fourth-order valence-electron chi connectivity index (χ4n) is 4.31. The average molecular weight is 413 g/mol. The number of amides is 1. The predicted octanol–water partition coefficient (Wildman–Crippen LogP) is 3.02. The first-order valence-corrected chi connectivity index (χ1v) is 11.1. The molecular weight excluding hydrogens is 380 g/mol. The molecule has 1 aromatic carbocycles. The quantitative estimate of drug-likeness (QED) is 0.696. The van der Waals surface area contributed by atoms with E-state index in [4.69, 9.17) is 9.26 Å². The summed E-state index contributed by atoms with van der Waals surface area (Å²) >= 11 is 0. The van der Waals surface area contributed by atoms with Gasteiger partial charge in [-0.2, -0.15) is 4.98 Å². The topological polar surface area (TPSA) is 71.7 Å². The van der Waals surface area contributed by atoms with Gasteiger partial charge in [-0.15, -0.1) is 0 Å². The standard InChI is InChI=1S/C23H32N4O3/c1-26-13-9-18(10-14-26)16-22(28)27-12-5-8-20(17-27)29-15-11-21-24-23(30-25-21)19-6-3-2-4-7-19/h2-4,6-7,18,20H,5,8-17H2,1H3. The van der Waals surface area contributed by atoms with Crippen molar-refractivity contribution in [2.24, 2.45) is 5.92 Å². The van der Waals surface area contributed by atoms with Crippen molar-refractivity contribution in [2.45, 2.75) is 44.6 Å². The lowest BCUT2D eigenvalue weighted by atomic mass is 9.93. The van der Waals surface area contributed by atoms with Crippen LogP contribution in [-0.4, -0.2) is 71.8 Å². The Bertz CT molecular complexity index is 802. The molecule has 1 unspecified atom stereocenters. The van der Waals surface area contributed by atoms with Gasteiger partial charge in [0.25, 0.3) is 5.89 Å². The van der Waals surface area contributed by atoms with Crippen LogP contribution in [0.25, 0.3) is 11.5 Å². The van der Waals surface area contributed by atoms with Gasteiger partial charge >= 0.3 is 0 Å². The highest BCUT2D eigenvalue weighted by Gasteiger charge is 2.27. The van der Waals surface area contributed by atoms with Crippen molar-refractivity contribution in [3.63, 3.8) is 0 Å². The first-order valence-electron chi connectivity index (χ1n) is 11.1. The molecule has 2 aliphatic heterocycles. The molecule has 2 aliphatic rings. The van der Waals surface area contributed by atoms with Gasteiger partial charge in [-0.3, -0.25) is 4.79 Å². The van der Waals surface area contributed by atoms with Crippen LogP contribution in [0.1, 0.15) is 37.9 Å². The number of benzene rings is 1. The van der Waals surface area contributed by atoms with Gasteiger partial charge in [0.1, 0.15) is 0 Å². The summed E-state index contributed by atoms with van der Waals surface area (Å²) in [5.74, 6) is 2.02. The van der Waals surface area contributed by atoms with Crippen LogP contribution in [0.4, 0.5) is 0 Å². The highest BCUT2D eigenvalue weighted by Crippen LogP contribution is 2.22. The van der Waals surface area contributed by atoms with Crippen molar-refractivity contribution >= 4 is 5.91 Å². The number of piperidine rings is 2. The molecule has 7 heteroatoms. The number of carbonyl (C=O) groups excluding carboxylic acids is 1. The summed E-state index contributed by atoms with van der Waals surface area (Å²) in [6, 6.07) is 9.76. The molecule has 3 heterocycles. The summed E-state index contributed by atoms with van der Waals surface area (Å²) in [6.07, 6.45) is 5.66. The van der Waals surface area contributed by atoms with Crippen LogP contribution in [0.2, 0.25) is 0 Å².